The molecule has 25 heavy (non-hydrogen) atoms. The van der Waals surface area contributed by atoms with Crippen molar-refractivity contribution in [2.24, 2.45) is 0 Å². The van der Waals surface area contributed by atoms with Gasteiger partial charge in [0.1, 0.15) is 5.82 Å². The number of nitrogens with zero attached hydrogens (tertiary/aromatic N) is 2. The number of nitrogens with one attached hydrogen (secondary N) is 3. The standard InChI is InChI=1S/C18H19N5O2/c1-19-17(25)11-12-4-2-5-13(10-12)21-16(24)8-7-15-22-14-6-3-9-20-18(14)23-15/h2-6,9-10H,7-8,11H2,1H3,(H,19,25)(H,21,24)(H,20,22,23). The van der Waals surface area contributed by atoms with Gasteiger partial charge < -0.3 is 15.6 Å². The summed E-state index contributed by atoms with van der Waals surface area (Å²) in [6.45, 7) is 0. The fourth-order valence-corrected chi connectivity index (χ4v) is 2.50. The summed E-state index contributed by atoms with van der Waals surface area (Å²) in [4.78, 5) is 35.2. The maximum Gasteiger partial charge on any atom is 0.224 e. The van der Waals surface area contributed by atoms with Crippen LogP contribution in [0, 0.1) is 0 Å². The second kappa shape index (κ2) is 7.57. The lowest BCUT2D eigenvalue weighted by Crippen LogP contribution is -2.20. The average Bonchev–Trinajstić information content (AvgIpc) is 3.03. The van der Waals surface area contributed by atoms with E-state index in [9.17, 15) is 9.59 Å². The molecule has 2 amide bonds. The van der Waals surface area contributed by atoms with E-state index in [4.69, 9.17) is 0 Å². The summed E-state index contributed by atoms with van der Waals surface area (Å²) in [7, 11) is 1.60. The van der Waals surface area contributed by atoms with Crippen LogP contribution >= 0.6 is 0 Å². The van der Waals surface area contributed by atoms with Gasteiger partial charge in [0.05, 0.1) is 11.9 Å². The number of hydrogen-bond donors (Lipinski definition) is 3. The van der Waals surface area contributed by atoms with Crippen molar-refractivity contribution >= 4 is 28.7 Å². The third-order valence-electron chi connectivity index (χ3n) is 3.75. The van der Waals surface area contributed by atoms with E-state index in [0.29, 0.717) is 24.2 Å². The molecule has 7 heteroatoms. The molecule has 7 nitrogen and oxygen atoms in total. The molecule has 0 saturated heterocycles. The second-order valence-corrected chi connectivity index (χ2v) is 5.66. The zero-order valence-corrected chi connectivity index (χ0v) is 13.9. The molecule has 0 atom stereocenters. The van der Waals surface area contributed by atoms with Crippen molar-refractivity contribution in [3.05, 3.63) is 54.0 Å². The van der Waals surface area contributed by atoms with Crippen LogP contribution in [-0.4, -0.2) is 33.8 Å². The Morgan fingerprint density at radius 3 is 2.84 bits per heavy atom. The largest absolute Gasteiger partial charge is 0.359 e. The molecule has 0 fully saturated rings. The molecular weight excluding hydrogens is 318 g/mol. The van der Waals surface area contributed by atoms with E-state index in [2.05, 4.69) is 25.6 Å². The molecule has 3 rings (SSSR count). The average molecular weight is 337 g/mol. The van der Waals surface area contributed by atoms with Gasteiger partial charge in [0, 0.05) is 31.8 Å². The Balaban J connectivity index is 1.57. The predicted molar refractivity (Wildman–Crippen MR) is 95.1 cm³/mol. The van der Waals surface area contributed by atoms with Gasteiger partial charge >= 0.3 is 0 Å². The Morgan fingerprint density at radius 1 is 1.16 bits per heavy atom. The summed E-state index contributed by atoms with van der Waals surface area (Å²) in [5.74, 6) is 0.560. The van der Waals surface area contributed by atoms with Gasteiger partial charge in [-0.1, -0.05) is 12.1 Å². The summed E-state index contributed by atoms with van der Waals surface area (Å²) < 4.78 is 0. The van der Waals surface area contributed by atoms with Gasteiger partial charge in [-0.2, -0.15) is 0 Å². The van der Waals surface area contributed by atoms with Gasteiger partial charge in [-0.05, 0) is 29.8 Å². The molecule has 2 aromatic heterocycles. The molecule has 0 radical (unpaired) electrons. The van der Waals surface area contributed by atoms with E-state index in [1.807, 2.05) is 24.3 Å². The number of fused-ring (bicyclic) bond motifs is 1. The molecule has 2 heterocycles. The van der Waals surface area contributed by atoms with Gasteiger partial charge in [0.2, 0.25) is 11.8 Å². The number of rotatable bonds is 6. The number of aromatic nitrogens is 3. The van der Waals surface area contributed by atoms with Crippen molar-refractivity contribution in [3.63, 3.8) is 0 Å². The lowest BCUT2D eigenvalue weighted by Gasteiger charge is -2.07. The van der Waals surface area contributed by atoms with Crippen LogP contribution in [0.3, 0.4) is 0 Å². The number of benzene rings is 1. The SMILES string of the molecule is CNC(=O)Cc1cccc(NC(=O)CCc2nc3ncccc3[nH]2)c1. The Hall–Kier alpha value is -3.22. The van der Waals surface area contributed by atoms with Crippen LogP contribution in [0.4, 0.5) is 5.69 Å². The zero-order valence-electron chi connectivity index (χ0n) is 13.9. The number of imidazole rings is 1. The minimum Gasteiger partial charge on any atom is -0.359 e. The summed E-state index contributed by atoms with van der Waals surface area (Å²) in [5.41, 5.74) is 3.04. The summed E-state index contributed by atoms with van der Waals surface area (Å²) >= 11 is 0. The molecule has 0 saturated carbocycles. The summed E-state index contributed by atoms with van der Waals surface area (Å²) in [6, 6.07) is 11.0. The number of likely N-dealkylation sites (N-methyl/N-ethyl adjacent to an activating group) is 1. The summed E-state index contributed by atoms with van der Waals surface area (Å²) in [6.07, 6.45) is 2.78. The molecule has 0 unspecified atom stereocenters. The number of amides is 2. The highest BCUT2D eigenvalue weighted by Gasteiger charge is 2.08. The Kier molecular flexibility index (Phi) is 5.03. The minimum atomic E-state index is -0.106. The normalized spacial score (nSPS) is 10.6. The van der Waals surface area contributed by atoms with Crippen molar-refractivity contribution in [1.29, 1.82) is 0 Å². The van der Waals surface area contributed by atoms with Gasteiger partial charge in [0.25, 0.3) is 0 Å². The fraction of sp³-hybridized carbons (Fsp3) is 0.222. The number of H-pyrrole nitrogens is 1. The fourth-order valence-electron chi connectivity index (χ4n) is 2.50. The monoisotopic (exact) mass is 337 g/mol. The maximum atomic E-state index is 12.1. The van der Waals surface area contributed by atoms with Crippen LogP contribution in [0.2, 0.25) is 0 Å². The highest BCUT2D eigenvalue weighted by molar-refractivity contribution is 5.91. The van der Waals surface area contributed by atoms with Crippen molar-refractivity contribution in [3.8, 4) is 0 Å². The van der Waals surface area contributed by atoms with Crippen molar-refractivity contribution in [1.82, 2.24) is 20.3 Å². The van der Waals surface area contributed by atoms with E-state index in [0.717, 1.165) is 16.9 Å². The third kappa shape index (κ3) is 4.41. The molecule has 0 spiro atoms. The molecule has 3 aromatic rings. The van der Waals surface area contributed by atoms with Gasteiger partial charge in [-0.3, -0.25) is 9.59 Å². The molecule has 128 valence electrons. The smallest absolute Gasteiger partial charge is 0.224 e. The molecule has 0 aliphatic heterocycles. The number of aromatic amines is 1. The first-order chi connectivity index (χ1) is 12.1. The zero-order chi connectivity index (χ0) is 17.6. The molecular formula is C18H19N5O2. The van der Waals surface area contributed by atoms with Crippen molar-refractivity contribution in [2.75, 3.05) is 12.4 Å². The first kappa shape index (κ1) is 16.6. The van der Waals surface area contributed by atoms with Crippen LogP contribution in [0.5, 0.6) is 0 Å². The van der Waals surface area contributed by atoms with E-state index in [1.165, 1.54) is 0 Å². The minimum absolute atomic E-state index is 0.0676. The topological polar surface area (TPSA) is 99.8 Å². The predicted octanol–water partition coefficient (Wildman–Crippen LogP) is 1.82. The highest BCUT2D eigenvalue weighted by atomic mass is 16.2. The molecule has 1 aromatic carbocycles. The van der Waals surface area contributed by atoms with E-state index < -0.39 is 0 Å². The first-order valence-electron chi connectivity index (χ1n) is 8.03. The molecule has 0 bridgehead atoms. The number of carbonyl (C=O) groups excluding carboxylic acids is 2. The number of carbonyl (C=O) groups is 2. The van der Waals surface area contributed by atoms with Crippen LogP contribution in [0.1, 0.15) is 17.8 Å². The summed E-state index contributed by atoms with van der Waals surface area (Å²) in [5, 5.41) is 5.43. The maximum absolute atomic E-state index is 12.1. The van der Waals surface area contributed by atoms with Crippen LogP contribution in [0.25, 0.3) is 11.2 Å². The molecule has 3 N–H and O–H groups in total. The highest BCUT2D eigenvalue weighted by Crippen LogP contribution is 2.13. The van der Waals surface area contributed by atoms with Crippen molar-refractivity contribution in [2.45, 2.75) is 19.3 Å². The number of anilines is 1. The van der Waals surface area contributed by atoms with Gasteiger partial charge in [0.15, 0.2) is 5.65 Å². The lowest BCUT2D eigenvalue weighted by molar-refractivity contribution is -0.120. The first-order valence-corrected chi connectivity index (χ1v) is 8.03. The molecule has 0 aliphatic rings. The van der Waals surface area contributed by atoms with E-state index >= 15 is 0 Å². The lowest BCUT2D eigenvalue weighted by atomic mass is 10.1. The Labute approximate surface area is 144 Å². The number of pyridine rings is 1. The van der Waals surface area contributed by atoms with Crippen LogP contribution < -0.4 is 10.6 Å². The van der Waals surface area contributed by atoms with Crippen LogP contribution in [-0.2, 0) is 22.4 Å². The van der Waals surface area contributed by atoms with Gasteiger partial charge in [-0.25, -0.2) is 9.97 Å². The Morgan fingerprint density at radius 2 is 2.04 bits per heavy atom. The van der Waals surface area contributed by atoms with E-state index in [1.54, 1.807) is 25.4 Å². The quantitative estimate of drug-likeness (QED) is 0.639. The van der Waals surface area contributed by atoms with Gasteiger partial charge in [-0.15, -0.1) is 0 Å². The third-order valence-corrected chi connectivity index (χ3v) is 3.75. The number of aryl methyl sites for hydroxylation is 1. The van der Waals surface area contributed by atoms with Crippen LogP contribution in [0.15, 0.2) is 42.6 Å². The van der Waals surface area contributed by atoms with Crippen molar-refractivity contribution < 1.29 is 9.59 Å². The number of hydrogen-bond acceptors (Lipinski definition) is 4. The van der Waals surface area contributed by atoms with E-state index in [-0.39, 0.29) is 18.2 Å². The Bertz CT molecular complexity index is 870. The molecule has 0 aliphatic carbocycles. The second-order valence-electron chi connectivity index (χ2n) is 5.66.